The molecule has 1 N–H and O–H groups in total. The monoisotopic (exact) mass is 384 g/mol. The number of nitrogens with one attached hydrogen (secondary N) is 1. The Bertz CT molecular complexity index is 812. The molecule has 2 aromatic rings. The van der Waals surface area contributed by atoms with Gasteiger partial charge >= 0.3 is 0 Å². The predicted molar refractivity (Wildman–Crippen MR) is 95.0 cm³/mol. The number of amides is 2. The second kappa shape index (κ2) is 8.18. The molecule has 0 aromatic heterocycles. The van der Waals surface area contributed by atoms with E-state index in [4.69, 9.17) is 27.9 Å². The van der Waals surface area contributed by atoms with Gasteiger partial charge in [-0.2, -0.15) is 0 Å². The molecule has 8 heteroatoms. The van der Waals surface area contributed by atoms with Gasteiger partial charge in [-0.1, -0.05) is 23.2 Å². The molecule has 0 radical (unpaired) electrons. The summed E-state index contributed by atoms with van der Waals surface area (Å²) in [4.78, 5) is 25.4. The van der Waals surface area contributed by atoms with Crippen molar-refractivity contribution in [3.63, 3.8) is 0 Å². The van der Waals surface area contributed by atoms with Gasteiger partial charge in [-0.3, -0.25) is 9.59 Å². The number of rotatable bonds is 5. The average molecular weight is 385 g/mol. The summed E-state index contributed by atoms with van der Waals surface area (Å²) in [7, 11) is 3.24. The standard InChI is InChI=1S/C17H15Cl2FN2O3/c1-22(2)17(24)10-3-5-12(18)15(7-10)21-16(23)9-25-11-4-6-14(20)13(19)8-11/h3-8H,9H2,1-2H3,(H,21,23). The first-order chi connectivity index (χ1) is 11.8. The van der Waals surface area contributed by atoms with Crippen LogP contribution in [0.4, 0.5) is 10.1 Å². The van der Waals surface area contributed by atoms with Crippen LogP contribution in [0.15, 0.2) is 36.4 Å². The van der Waals surface area contributed by atoms with E-state index in [1.54, 1.807) is 20.2 Å². The van der Waals surface area contributed by atoms with E-state index in [2.05, 4.69) is 5.32 Å². The van der Waals surface area contributed by atoms with Gasteiger partial charge in [0, 0.05) is 25.7 Å². The van der Waals surface area contributed by atoms with Crippen LogP contribution in [-0.2, 0) is 4.79 Å². The fraction of sp³-hybridized carbons (Fsp3) is 0.176. The molecule has 2 rings (SSSR count). The number of hydrogen-bond donors (Lipinski definition) is 1. The molecule has 0 aliphatic carbocycles. The molecule has 0 aliphatic rings. The van der Waals surface area contributed by atoms with Crippen LogP contribution < -0.4 is 10.1 Å². The largest absolute Gasteiger partial charge is 0.484 e. The maximum atomic E-state index is 13.1. The molecule has 132 valence electrons. The van der Waals surface area contributed by atoms with E-state index in [9.17, 15) is 14.0 Å². The number of carbonyl (C=O) groups is 2. The van der Waals surface area contributed by atoms with Crippen molar-refractivity contribution in [3.8, 4) is 5.75 Å². The van der Waals surface area contributed by atoms with Crippen molar-refractivity contribution >= 4 is 40.7 Å². The Labute approximate surface area is 154 Å². The summed E-state index contributed by atoms with van der Waals surface area (Å²) in [6.45, 7) is -0.329. The normalized spacial score (nSPS) is 10.3. The van der Waals surface area contributed by atoms with Crippen molar-refractivity contribution in [2.24, 2.45) is 0 Å². The lowest BCUT2D eigenvalue weighted by molar-refractivity contribution is -0.118. The minimum absolute atomic E-state index is 0.101. The van der Waals surface area contributed by atoms with Gasteiger partial charge in [-0.05, 0) is 30.3 Å². The highest BCUT2D eigenvalue weighted by Crippen LogP contribution is 2.24. The van der Waals surface area contributed by atoms with Crippen LogP contribution in [0, 0.1) is 5.82 Å². The molecule has 0 aliphatic heterocycles. The van der Waals surface area contributed by atoms with Gasteiger partial charge in [0.1, 0.15) is 11.6 Å². The minimum Gasteiger partial charge on any atom is -0.484 e. The topological polar surface area (TPSA) is 58.6 Å². The molecule has 0 saturated carbocycles. The van der Waals surface area contributed by atoms with Crippen LogP contribution in [0.2, 0.25) is 10.0 Å². The number of benzene rings is 2. The molecule has 2 amide bonds. The van der Waals surface area contributed by atoms with Gasteiger partial charge < -0.3 is 15.0 Å². The predicted octanol–water partition coefficient (Wildman–Crippen LogP) is 3.85. The van der Waals surface area contributed by atoms with Gasteiger partial charge in [0.25, 0.3) is 11.8 Å². The molecule has 0 fully saturated rings. The van der Waals surface area contributed by atoms with E-state index in [0.29, 0.717) is 11.3 Å². The Balaban J connectivity index is 2.03. The third-order valence-corrected chi connectivity index (χ3v) is 3.77. The maximum Gasteiger partial charge on any atom is 0.262 e. The van der Waals surface area contributed by atoms with Crippen molar-refractivity contribution in [1.29, 1.82) is 0 Å². The van der Waals surface area contributed by atoms with E-state index < -0.39 is 11.7 Å². The third-order valence-electron chi connectivity index (χ3n) is 3.15. The maximum absolute atomic E-state index is 13.1. The molecular formula is C17H15Cl2FN2O3. The second-order valence-corrected chi connectivity index (χ2v) is 6.12. The SMILES string of the molecule is CN(C)C(=O)c1ccc(Cl)c(NC(=O)COc2ccc(F)c(Cl)c2)c1. The molecule has 0 atom stereocenters. The average Bonchev–Trinajstić information content (AvgIpc) is 2.57. The highest BCUT2D eigenvalue weighted by Gasteiger charge is 2.13. The number of halogens is 3. The molecule has 0 bridgehead atoms. The van der Waals surface area contributed by atoms with Crippen LogP contribution in [0.25, 0.3) is 0 Å². The molecule has 5 nitrogen and oxygen atoms in total. The van der Waals surface area contributed by atoms with E-state index >= 15 is 0 Å². The van der Waals surface area contributed by atoms with Crippen molar-refractivity contribution < 1.29 is 18.7 Å². The lowest BCUT2D eigenvalue weighted by Gasteiger charge is -2.13. The lowest BCUT2D eigenvalue weighted by atomic mass is 10.2. The Hall–Kier alpha value is -2.31. The van der Waals surface area contributed by atoms with Crippen LogP contribution in [0.3, 0.4) is 0 Å². The molecule has 25 heavy (non-hydrogen) atoms. The van der Waals surface area contributed by atoms with E-state index in [1.165, 1.54) is 29.2 Å². The zero-order chi connectivity index (χ0) is 18.6. The van der Waals surface area contributed by atoms with Gasteiger partial charge in [0.15, 0.2) is 6.61 Å². The zero-order valence-corrected chi connectivity index (χ0v) is 15.0. The summed E-state index contributed by atoms with van der Waals surface area (Å²) in [5.41, 5.74) is 0.677. The lowest BCUT2D eigenvalue weighted by Crippen LogP contribution is -2.23. The van der Waals surface area contributed by atoms with Crippen molar-refractivity contribution in [2.75, 3.05) is 26.0 Å². The molecule has 0 spiro atoms. The summed E-state index contributed by atoms with van der Waals surface area (Å²) in [5.74, 6) is -1.03. The molecule has 0 saturated heterocycles. The quantitative estimate of drug-likeness (QED) is 0.851. The summed E-state index contributed by atoms with van der Waals surface area (Å²) in [6, 6.07) is 8.34. The third kappa shape index (κ3) is 5.08. The van der Waals surface area contributed by atoms with E-state index in [-0.39, 0.29) is 28.3 Å². The Morgan fingerprint density at radius 1 is 1.12 bits per heavy atom. The highest BCUT2D eigenvalue weighted by atomic mass is 35.5. The van der Waals surface area contributed by atoms with Crippen molar-refractivity contribution in [2.45, 2.75) is 0 Å². The Morgan fingerprint density at radius 2 is 1.84 bits per heavy atom. The molecular weight excluding hydrogens is 370 g/mol. The smallest absolute Gasteiger partial charge is 0.262 e. The van der Waals surface area contributed by atoms with Crippen molar-refractivity contribution in [1.82, 2.24) is 4.90 Å². The summed E-state index contributed by atoms with van der Waals surface area (Å²) in [5, 5.41) is 2.75. The highest BCUT2D eigenvalue weighted by molar-refractivity contribution is 6.34. The fourth-order valence-corrected chi connectivity index (χ4v) is 2.25. The van der Waals surface area contributed by atoms with Crippen LogP contribution in [-0.4, -0.2) is 37.4 Å². The minimum atomic E-state index is -0.576. The number of carbonyl (C=O) groups excluding carboxylic acids is 2. The van der Waals surface area contributed by atoms with Crippen LogP contribution in [0.1, 0.15) is 10.4 Å². The van der Waals surface area contributed by atoms with E-state index in [1.807, 2.05) is 0 Å². The van der Waals surface area contributed by atoms with E-state index in [0.717, 1.165) is 6.07 Å². The van der Waals surface area contributed by atoms with Crippen LogP contribution in [0.5, 0.6) is 5.75 Å². The summed E-state index contributed by atoms with van der Waals surface area (Å²) in [6.07, 6.45) is 0. The van der Waals surface area contributed by atoms with Gasteiger partial charge in [0.05, 0.1) is 15.7 Å². The first-order valence-electron chi connectivity index (χ1n) is 7.17. The number of hydrogen-bond acceptors (Lipinski definition) is 3. The molecule has 2 aromatic carbocycles. The first kappa shape index (κ1) is 19.0. The van der Waals surface area contributed by atoms with Gasteiger partial charge in [-0.25, -0.2) is 4.39 Å². The number of anilines is 1. The molecule has 0 unspecified atom stereocenters. The zero-order valence-electron chi connectivity index (χ0n) is 13.5. The second-order valence-electron chi connectivity index (χ2n) is 5.31. The number of nitrogens with zero attached hydrogens (tertiary/aromatic N) is 1. The number of ether oxygens (including phenoxy) is 1. The summed E-state index contributed by atoms with van der Waals surface area (Å²) >= 11 is 11.7. The van der Waals surface area contributed by atoms with Crippen molar-refractivity contribution in [3.05, 3.63) is 57.8 Å². The molecule has 0 heterocycles. The fourth-order valence-electron chi connectivity index (χ4n) is 1.91. The van der Waals surface area contributed by atoms with Gasteiger partial charge in [0.2, 0.25) is 0 Å². The van der Waals surface area contributed by atoms with Gasteiger partial charge in [-0.15, -0.1) is 0 Å². The van der Waals surface area contributed by atoms with Crippen LogP contribution >= 0.6 is 23.2 Å². The Kier molecular flexibility index (Phi) is 6.22. The summed E-state index contributed by atoms with van der Waals surface area (Å²) < 4.78 is 18.3. The first-order valence-corrected chi connectivity index (χ1v) is 7.92. The Morgan fingerprint density at radius 3 is 2.48 bits per heavy atom.